The van der Waals surface area contributed by atoms with Gasteiger partial charge >= 0.3 is 0 Å². The first-order valence-electron chi connectivity index (χ1n) is 5.29. The second-order valence-corrected chi connectivity index (χ2v) is 5.62. The number of ether oxygens (including phenoxy) is 1. The molecule has 0 spiro atoms. The normalized spacial score (nSPS) is 12.2. The summed E-state index contributed by atoms with van der Waals surface area (Å²) in [6.07, 6.45) is -0.605. The van der Waals surface area contributed by atoms with Crippen molar-refractivity contribution in [2.24, 2.45) is 0 Å². The van der Waals surface area contributed by atoms with Crippen LogP contribution in [0.4, 0.5) is 0 Å². The maximum atomic E-state index is 9.66. The van der Waals surface area contributed by atoms with Gasteiger partial charge < -0.3 is 15.2 Å². The molecule has 0 aliphatic heterocycles. The maximum Gasteiger partial charge on any atom is 0.121 e. The maximum absolute atomic E-state index is 9.66. The Labute approximate surface area is 125 Å². The van der Waals surface area contributed by atoms with Crippen LogP contribution >= 0.6 is 39.1 Å². The zero-order chi connectivity index (χ0) is 13.5. The predicted octanol–water partition coefficient (Wildman–Crippen LogP) is 3.23. The van der Waals surface area contributed by atoms with Gasteiger partial charge in [-0.2, -0.15) is 0 Å². The number of benzene rings is 1. The second-order valence-electron chi connectivity index (χ2n) is 3.69. The van der Waals surface area contributed by atoms with Crippen molar-refractivity contribution in [3.05, 3.63) is 39.3 Å². The van der Waals surface area contributed by atoms with E-state index in [1.165, 1.54) is 0 Å². The van der Waals surface area contributed by atoms with E-state index in [1.807, 2.05) is 0 Å². The third kappa shape index (κ3) is 6.07. The van der Waals surface area contributed by atoms with Crippen LogP contribution in [0.25, 0.3) is 0 Å². The second kappa shape index (κ2) is 8.02. The van der Waals surface area contributed by atoms with E-state index in [-0.39, 0.29) is 6.61 Å². The fraction of sp³-hybridized carbons (Fsp3) is 0.333. The average molecular weight is 355 g/mol. The van der Waals surface area contributed by atoms with Gasteiger partial charge in [-0.3, -0.25) is 0 Å². The van der Waals surface area contributed by atoms with Crippen molar-refractivity contribution in [2.75, 3.05) is 19.7 Å². The van der Waals surface area contributed by atoms with Crippen LogP contribution in [0.5, 0.6) is 5.75 Å². The van der Waals surface area contributed by atoms with Gasteiger partial charge in [0.05, 0.1) is 10.0 Å². The van der Waals surface area contributed by atoms with Gasteiger partial charge in [-0.05, 0) is 12.1 Å². The van der Waals surface area contributed by atoms with Crippen molar-refractivity contribution in [3.63, 3.8) is 0 Å². The molecule has 0 saturated carbocycles. The molecule has 0 aromatic heterocycles. The lowest BCUT2D eigenvalue weighted by molar-refractivity contribution is 0.107. The van der Waals surface area contributed by atoms with Gasteiger partial charge in [0.2, 0.25) is 0 Å². The molecule has 18 heavy (non-hydrogen) atoms. The Balaban J connectivity index is 2.31. The molecule has 100 valence electrons. The minimum atomic E-state index is -0.605. The number of hydrogen-bond donors (Lipinski definition) is 2. The summed E-state index contributed by atoms with van der Waals surface area (Å²) in [5.74, 6) is 0.577. The Morgan fingerprint density at radius 3 is 2.78 bits per heavy atom. The minimum Gasteiger partial charge on any atom is -0.491 e. The highest BCUT2D eigenvalue weighted by Crippen LogP contribution is 2.26. The average Bonchev–Trinajstić information content (AvgIpc) is 2.30. The molecule has 0 aliphatic carbocycles. The standard InChI is InChI=1S/C12H14BrCl2NO2/c1-8(13)5-16-6-9(17)7-18-10-2-3-11(14)12(15)4-10/h2-4,9,16-17H,1,5-7H2. The van der Waals surface area contributed by atoms with Crippen LogP contribution in [0.2, 0.25) is 10.0 Å². The van der Waals surface area contributed by atoms with Crippen LogP contribution in [0, 0.1) is 0 Å². The highest BCUT2D eigenvalue weighted by molar-refractivity contribution is 9.11. The molecule has 0 fully saturated rings. The molecular formula is C12H14BrCl2NO2. The molecule has 1 unspecified atom stereocenters. The minimum absolute atomic E-state index is 0.180. The van der Waals surface area contributed by atoms with E-state index in [9.17, 15) is 5.11 Å². The van der Waals surface area contributed by atoms with Crippen molar-refractivity contribution >= 4 is 39.1 Å². The Hall–Kier alpha value is -0.260. The zero-order valence-corrected chi connectivity index (χ0v) is 12.7. The van der Waals surface area contributed by atoms with E-state index in [0.29, 0.717) is 28.9 Å². The largest absolute Gasteiger partial charge is 0.491 e. The van der Waals surface area contributed by atoms with E-state index >= 15 is 0 Å². The Kier molecular flexibility index (Phi) is 7.04. The molecule has 1 aromatic rings. The number of aliphatic hydroxyl groups excluding tert-OH is 1. The van der Waals surface area contributed by atoms with E-state index in [0.717, 1.165) is 4.48 Å². The lowest BCUT2D eigenvalue weighted by Crippen LogP contribution is -2.32. The summed E-state index contributed by atoms with van der Waals surface area (Å²) in [7, 11) is 0. The lowest BCUT2D eigenvalue weighted by Gasteiger charge is -2.13. The predicted molar refractivity (Wildman–Crippen MR) is 78.9 cm³/mol. The number of rotatable bonds is 7. The summed E-state index contributed by atoms with van der Waals surface area (Å²) in [5, 5.41) is 13.6. The van der Waals surface area contributed by atoms with Crippen LogP contribution in [0.3, 0.4) is 0 Å². The number of nitrogens with one attached hydrogen (secondary N) is 1. The summed E-state index contributed by atoms with van der Waals surface area (Å²) < 4.78 is 6.23. The van der Waals surface area contributed by atoms with Crippen molar-refractivity contribution < 1.29 is 9.84 Å². The molecule has 3 nitrogen and oxygen atoms in total. The van der Waals surface area contributed by atoms with Crippen molar-refractivity contribution in [3.8, 4) is 5.75 Å². The summed E-state index contributed by atoms with van der Waals surface area (Å²) in [6, 6.07) is 4.97. The van der Waals surface area contributed by atoms with Crippen molar-refractivity contribution in [1.29, 1.82) is 0 Å². The van der Waals surface area contributed by atoms with Gasteiger partial charge in [0, 0.05) is 23.6 Å². The summed E-state index contributed by atoms with van der Waals surface area (Å²) >= 11 is 14.8. The van der Waals surface area contributed by atoms with Gasteiger partial charge in [0.1, 0.15) is 18.5 Å². The van der Waals surface area contributed by atoms with Gasteiger partial charge in [-0.15, -0.1) is 0 Å². The Morgan fingerprint density at radius 1 is 1.44 bits per heavy atom. The monoisotopic (exact) mass is 353 g/mol. The van der Waals surface area contributed by atoms with E-state index < -0.39 is 6.10 Å². The molecule has 1 rings (SSSR count). The third-order valence-electron chi connectivity index (χ3n) is 2.03. The number of aliphatic hydroxyl groups is 1. The van der Waals surface area contributed by atoms with E-state index in [2.05, 4.69) is 27.8 Å². The molecule has 1 aromatic carbocycles. The first-order valence-corrected chi connectivity index (χ1v) is 6.84. The molecule has 0 saturated heterocycles. The van der Waals surface area contributed by atoms with Crippen molar-refractivity contribution in [2.45, 2.75) is 6.10 Å². The Bertz CT molecular complexity index is 415. The molecule has 0 aliphatic rings. The van der Waals surface area contributed by atoms with Crippen LogP contribution in [0.15, 0.2) is 29.3 Å². The highest BCUT2D eigenvalue weighted by Gasteiger charge is 2.06. The Morgan fingerprint density at radius 2 is 2.17 bits per heavy atom. The molecule has 1 atom stereocenters. The molecule has 0 radical (unpaired) electrons. The smallest absolute Gasteiger partial charge is 0.121 e. The van der Waals surface area contributed by atoms with Gasteiger partial charge in [0.25, 0.3) is 0 Å². The molecule has 0 amide bonds. The molecule has 6 heteroatoms. The molecule has 2 N–H and O–H groups in total. The summed E-state index contributed by atoms with van der Waals surface area (Å²) in [6.45, 7) is 4.88. The topological polar surface area (TPSA) is 41.5 Å². The summed E-state index contributed by atoms with van der Waals surface area (Å²) in [4.78, 5) is 0. The van der Waals surface area contributed by atoms with Crippen LogP contribution in [-0.2, 0) is 0 Å². The van der Waals surface area contributed by atoms with Crippen LogP contribution in [-0.4, -0.2) is 30.9 Å². The van der Waals surface area contributed by atoms with Gasteiger partial charge in [-0.25, -0.2) is 0 Å². The number of hydrogen-bond acceptors (Lipinski definition) is 3. The van der Waals surface area contributed by atoms with Crippen LogP contribution in [0.1, 0.15) is 0 Å². The quantitative estimate of drug-likeness (QED) is 0.789. The lowest BCUT2D eigenvalue weighted by atomic mass is 10.3. The first-order chi connectivity index (χ1) is 8.49. The molecule has 0 bridgehead atoms. The van der Waals surface area contributed by atoms with E-state index in [1.54, 1.807) is 18.2 Å². The molecule has 0 heterocycles. The fourth-order valence-corrected chi connectivity index (χ4v) is 1.68. The highest BCUT2D eigenvalue weighted by atomic mass is 79.9. The fourth-order valence-electron chi connectivity index (χ4n) is 1.19. The van der Waals surface area contributed by atoms with Crippen LogP contribution < -0.4 is 10.1 Å². The molecular weight excluding hydrogens is 341 g/mol. The van der Waals surface area contributed by atoms with Gasteiger partial charge in [0.15, 0.2) is 0 Å². The number of halogens is 3. The first kappa shape index (κ1) is 15.8. The summed E-state index contributed by atoms with van der Waals surface area (Å²) in [5.41, 5.74) is 0. The zero-order valence-electron chi connectivity index (χ0n) is 9.63. The van der Waals surface area contributed by atoms with Crippen molar-refractivity contribution in [1.82, 2.24) is 5.32 Å². The van der Waals surface area contributed by atoms with Gasteiger partial charge in [-0.1, -0.05) is 45.7 Å². The SMILES string of the molecule is C=C(Br)CNCC(O)COc1ccc(Cl)c(Cl)c1. The van der Waals surface area contributed by atoms with E-state index in [4.69, 9.17) is 27.9 Å². The third-order valence-corrected chi connectivity index (χ3v) is 3.05.